The smallest absolute Gasteiger partial charge is 0.308 e. The van der Waals surface area contributed by atoms with Crippen LogP contribution in [0.1, 0.15) is 12.8 Å². The van der Waals surface area contributed by atoms with Crippen molar-refractivity contribution >= 4 is 5.97 Å². The summed E-state index contributed by atoms with van der Waals surface area (Å²) in [4.78, 5) is 10.8. The summed E-state index contributed by atoms with van der Waals surface area (Å²) >= 11 is 0. The molecule has 1 N–H and O–H groups in total. The summed E-state index contributed by atoms with van der Waals surface area (Å²) in [6.07, 6.45) is -1.97. The lowest BCUT2D eigenvalue weighted by Crippen LogP contribution is -2.13. The van der Waals surface area contributed by atoms with E-state index in [1.165, 1.54) is 7.11 Å². The van der Waals surface area contributed by atoms with E-state index in [4.69, 9.17) is 5.11 Å². The number of hydrogen-bond acceptors (Lipinski definition) is 3. The Kier molecular flexibility index (Phi) is 2.44. The van der Waals surface area contributed by atoms with Crippen LogP contribution in [0, 0.1) is 5.92 Å². The summed E-state index contributed by atoms with van der Waals surface area (Å²) in [5, 5.41) is 8.93. The van der Waals surface area contributed by atoms with Gasteiger partial charge in [-0.3, -0.25) is 4.79 Å². The van der Waals surface area contributed by atoms with Crippen molar-refractivity contribution < 1.29 is 19.0 Å². The van der Waals surface area contributed by atoms with E-state index in [-0.39, 0.29) is 12.8 Å². The normalized spacial score (nSPS) is 37.2. The summed E-state index contributed by atoms with van der Waals surface area (Å²) < 4.78 is 17.0. The molecule has 4 heteroatoms. The van der Waals surface area contributed by atoms with Crippen LogP contribution < -0.4 is 0 Å². The summed E-state index contributed by atoms with van der Waals surface area (Å²) in [5.74, 6) is -0.880. The van der Waals surface area contributed by atoms with Crippen LogP contribution >= 0.6 is 0 Å². The zero-order valence-electron chi connectivity index (χ0n) is 6.29. The standard InChI is InChI=1S/C7H11FO3/c1-11-7(10)4-2-5(8)6(9)3-4/h4-6,9H,2-3H2,1H3/t4?,5-,6-/m0/s1. The predicted molar refractivity (Wildman–Crippen MR) is 35.6 cm³/mol. The molecular weight excluding hydrogens is 151 g/mol. The Labute approximate surface area is 64.2 Å². The maximum Gasteiger partial charge on any atom is 0.308 e. The molecule has 0 aromatic rings. The summed E-state index contributed by atoms with van der Waals surface area (Å²) in [5.41, 5.74) is 0. The highest BCUT2D eigenvalue weighted by atomic mass is 19.1. The van der Waals surface area contributed by atoms with Crippen LogP contribution in [0.3, 0.4) is 0 Å². The molecule has 0 saturated heterocycles. The zero-order valence-corrected chi connectivity index (χ0v) is 6.29. The minimum Gasteiger partial charge on any atom is -0.469 e. The molecule has 3 nitrogen and oxygen atoms in total. The Balaban J connectivity index is 2.46. The van der Waals surface area contributed by atoms with E-state index in [1.54, 1.807) is 0 Å². The van der Waals surface area contributed by atoms with E-state index in [2.05, 4.69) is 4.74 Å². The molecule has 0 radical (unpaired) electrons. The van der Waals surface area contributed by atoms with E-state index < -0.39 is 24.2 Å². The third-order valence-electron chi connectivity index (χ3n) is 1.99. The quantitative estimate of drug-likeness (QED) is 0.563. The van der Waals surface area contributed by atoms with Gasteiger partial charge in [-0.05, 0) is 12.8 Å². The first-order valence-corrected chi connectivity index (χ1v) is 3.55. The molecule has 1 rings (SSSR count). The van der Waals surface area contributed by atoms with Gasteiger partial charge in [0.25, 0.3) is 0 Å². The number of alkyl halides is 1. The molecule has 0 aliphatic heterocycles. The number of rotatable bonds is 1. The van der Waals surface area contributed by atoms with E-state index >= 15 is 0 Å². The molecule has 1 aliphatic carbocycles. The maximum absolute atomic E-state index is 12.6. The molecule has 0 aromatic carbocycles. The second-order valence-corrected chi connectivity index (χ2v) is 2.77. The minimum absolute atomic E-state index is 0.0911. The van der Waals surface area contributed by atoms with Crippen molar-refractivity contribution in [2.75, 3.05) is 7.11 Å². The van der Waals surface area contributed by atoms with Gasteiger partial charge in [0.05, 0.1) is 19.1 Å². The topological polar surface area (TPSA) is 46.5 Å². The van der Waals surface area contributed by atoms with Gasteiger partial charge in [-0.1, -0.05) is 0 Å². The Morgan fingerprint density at radius 3 is 2.64 bits per heavy atom. The molecule has 1 fully saturated rings. The first kappa shape index (κ1) is 8.46. The SMILES string of the molecule is COC(=O)C1C[C@H](O)[C@@H](F)C1. The first-order valence-electron chi connectivity index (χ1n) is 3.55. The molecule has 0 heterocycles. The fourth-order valence-electron chi connectivity index (χ4n) is 1.32. The molecule has 1 unspecified atom stereocenters. The van der Waals surface area contributed by atoms with Crippen molar-refractivity contribution in [3.05, 3.63) is 0 Å². The minimum atomic E-state index is -1.26. The van der Waals surface area contributed by atoms with Crippen molar-refractivity contribution in [3.8, 4) is 0 Å². The van der Waals surface area contributed by atoms with Gasteiger partial charge < -0.3 is 9.84 Å². The van der Waals surface area contributed by atoms with Crippen LogP contribution in [0.5, 0.6) is 0 Å². The van der Waals surface area contributed by atoms with Crippen LogP contribution in [0.4, 0.5) is 4.39 Å². The van der Waals surface area contributed by atoms with Gasteiger partial charge in [-0.15, -0.1) is 0 Å². The summed E-state index contributed by atoms with van der Waals surface area (Å²) in [6.45, 7) is 0. The lowest BCUT2D eigenvalue weighted by atomic mass is 10.1. The van der Waals surface area contributed by atoms with Gasteiger partial charge in [-0.2, -0.15) is 0 Å². The van der Waals surface area contributed by atoms with Crippen LogP contribution in [-0.2, 0) is 9.53 Å². The van der Waals surface area contributed by atoms with Gasteiger partial charge in [0.2, 0.25) is 0 Å². The molecule has 0 bridgehead atoms. The van der Waals surface area contributed by atoms with Crippen LogP contribution in [0.25, 0.3) is 0 Å². The van der Waals surface area contributed by atoms with E-state index in [0.29, 0.717) is 0 Å². The average Bonchev–Trinajstić information content (AvgIpc) is 2.31. The van der Waals surface area contributed by atoms with Crippen LogP contribution in [0.15, 0.2) is 0 Å². The largest absolute Gasteiger partial charge is 0.469 e. The molecule has 0 amide bonds. The Morgan fingerprint density at radius 1 is 1.64 bits per heavy atom. The third kappa shape index (κ3) is 1.68. The highest BCUT2D eigenvalue weighted by Gasteiger charge is 2.37. The highest BCUT2D eigenvalue weighted by Crippen LogP contribution is 2.28. The van der Waals surface area contributed by atoms with Crippen molar-refractivity contribution in [1.29, 1.82) is 0 Å². The van der Waals surface area contributed by atoms with Crippen molar-refractivity contribution in [2.24, 2.45) is 5.92 Å². The number of aliphatic hydroxyl groups excluding tert-OH is 1. The number of carbonyl (C=O) groups is 1. The molecular formula is C7H11FO3. The summed E-state index contributed by atoms with van der Waals surface area (Å²) in [7, 11) is 1.26. The molecule has 0 aromatic heterocycles. The van der Waals surface area contributed by atoms with Crippen molar-refractivity contribution in [1.82, 2.24) is 0 Å². The monoisotopic (exact) mass is 162 g/mol. The second kappa shape index (κ2) is 3.17. The molecule has 0 spiro atoms. The second-order valence-electron chi connectivity index (χ2n) is 2.77. The Morgan fingerprint density at radius 2 is 2.27 bits per heavy atom. The molecule has 1 saturated carbocycles. The fraction of sp³-hybridized carbons (Fsp3) is 0.857. The van der Waals surface area contributed by atoms with Gasteiger partial charge in [0, 0.05) is 0 Å². The van der Waals surface area contributed by atoms with Gasteiger partial charge in [0.1, 0.15) is 6.17 Å². The Hall–Kier alpha value is -0.640. The average molecular weight is 162 g/mol. The lowest BCUT2D eigenvalue weighted by molar-refractivity contribution is -0.145. The van der Waals surface area contributed by atoms with Gasteiger partial charge in [0.15, 0.2) is 0 Å². The number of aliphatic hydroxyl groups is 1. The Bertz CT molecular complexity index is 150. The first-order chi connectivity index (χ1) is 5.15. The number of ether oxygens (including phenoxy) is 1. The maximum atomic E-state index is 12.6. The fourth-order valence-corrected chi connectivity index (χ4v) is 1.32. The molecule has 64 valence electrons. The summed E-state index contributed by atoms with van der Waals surface area (Å²) in [6, 6.07) is 0. The van der Waals surface area contributed by atoms with Crippen molar-refractivity contribution in [3.63, 3.8) is 0 Å². The number of methoxy groups -OCH3 is 1. The van der Waals surface area contributed by atoms with E-state index in [0.717, 1.165) is 0 Å². The predicted octanol–water partition coefficient (Wildman–Crippen LogP) is 0.268. The number of hydrogen-bond donors (Lipinski definition) is 1. The van der Waals surface area contributed by atoms with Gasteiger partial charge in [-0.25, -0.2) is 4.39 Å². The third-order valence-corrected chi connectivity index (χ3v) is 1.99. The highest BCUT2D eigenvalue weighted by molar-refractivity contribution is 5.72. The number of halogens is 1. The van der Waals surface area contributed by atoms with Crippen LogP contribution in [-0.4, -0.2) is 30.5 Å². The van der Waals surface area contributed by atoms with Gasteiger partial charge >= 0.3 is 5.97 Å². The zero-order chi connectivity index (χ0) is 8.43. The van der Waals surface area contributed by atoms with Crippen molar-refractivity contribution in [2.45, 2.75) is 25.1 Å². The number of esters is 1. The van der Waals surface area contributed by atoms with E-state index in [1.807, 2.05) is 0 Å². The molecule has 11 heavy (non-hydrogen) atoms. The molecule has 1 aliphatic rings. The number of carbonyl (C=O) groups excluding carboxylic acids is 1. The van der Waals surface area contributed by atoms with E-state index in [9.17, 15) is 9.18 Å². The lowest BCUT2D eigenvalue weighted by Gasteiger charge is -2.03. The molecule has 3 atom stereocenters. The van der Waals surface area contributed by atoms with Crippen LogP contribution in [0.2, 0.25) is 0 Å².